The summed E-state index contributed by atoms with van der Waals surface area (Å²) in [4.78, 5) is 1.87. The van der Waals surface area contributed by atoms with Gasteiger partial charge in [-0.2, -0.15) is 0 Å². The summed E-state index contributed by atoms with van der Waals surface area (Å²) in [5, 5.41) is 3.68. The second-order valence-corrected chi connectivity index (χ2v) is 5.00. The molecule has 5 heteroatoms. The highest BCUT2D eigenvalue weighted by Crippen LogP contribution is 2.32. The summed E-state index contributed by atoms with van der Waals surface area (Å²) in [5.41, 5.74) is 1.85. The number of benzene rings is 2. The Hall–Kier alpha value is -1.81. The van der Waals surface area contributed by atoms with Crippen LogP contribution in [0.1, 0.15) is 5.56 Å². The SMILES string of the molecule is CN(C)c1c(Cl)cccc1NCc1cccc(F)c1F. The lowest BCUT2D eigenvalue weighted by Crippen LogP contribution is -2.13. The standard InChI is InChI=1S/C15H15ClF2N2/c1-20(2)15-11(16)6-4-8-13(15)19-9-10-5-3-7-12(17)14(10)18/h3-8,19H,9H2,1-2H3. The topological polar surface area (TPSA) is 15.3 Å². The van der Waals surface area contributed by atoms with Crippen molar-refractivity contribution in [1.82, 2.24) is 0 Å². The minimum atomic E-state index is -0.844. The number of rotatable bonds is 4. The maximum Gasteiger partial charge on any atom is 0.163 e. The van der Waals surface area contributed by atoms with Crippen LogP contribution in [0.5, 0.6) is 0 Å². The molecule has 0 atom stereocenters. The van der Waals surface area contributed by atoms with Gasteiger partial charge in [-0.1, -0.05) is 29.8 Å². The molecule has 0 aliphatic carbocycles. The number of hydrogen-bond donors (Lipinski definition) is 1. The molecular weight excluding hydrogens is 282 g/mol. The van der Waals surface area contributed by atoms with Crippen molar-refractivity contribution < 1.29 is 8.78 Å². The highest BCUT2D eigenvalue weighted by atomic mass is 35.5. The van der Waals surface area contributed by atoms with Crippen molar-refractivity contribution in [1.29, 1.82) is 0 Å². The lowest BCUT2D eigenvalue weighted by molar-refractivity contribution is 0.500. The summed E-state index contributed by atoms with van der Waals surface area (Å²) in [5.74, 6) is -1.67. The number of nitrogens with one attached hydrogen (secondary N) is 1. The Bertz CT molecular complexity index is 615. The van der Waals surface area contributed by atoms with E-state index >= 15 is 0 Å². The van der Waals surface area contributed by atoms with E-state index in [4.69, 9.17) is 11.6 Å². The van der Waals surface area contributed by atoms with E-state index in [2.05, 4.69) is 5.32 Å². The quantitative estimate of drug-likeness (QED) is 0.905. The third-order valence-corrected chi connectivity index (χ3v) is 3.24. The minimum absolute atomic E-state index is 0.185. The minimum Gasteiger partial charge on any atom is -0.379 e. The molecule has 0 amide bonds. The molecule has 0 aliphatic heterocycles. The summed E-state index contributed by atoms with van der Waals surface area (Å²) in [6.07, 6.45) is 0. The molecule has 0 radical (unpaired) electrons. The number of hydrogen-bond acceptors (Lipinski definition) is 2. The van der Waals surface area contributed by atoms with Crippen molar-refractivity contribution in [3.8, 4) is 0 Å². The molecular formula is C15H15ClF2N2. The first-order chi connectivity index (χ1) is 9.50. The van der Waals surface area contributed by atoms with Crippen LogP contribution in [0.4, 0.5) is 20.2 Å². The average Bonchev–Trinajstić information content (AvgIpc) is 2.40. The first kappa shape index (κ1) is 14.6. The van der Waals surface area contributed by atoms with E-state index in [1.807, 2.05) is 25.1 Å². The molecule has 20 heavy (non-hydrogen) atoms. The van der Waals surface area contributed by atoms with E-state index in [1.54, 1.807) is 18.2 Å². The second-order valence-electron chi connectivity index (χ2n) is 4.60. The van der Waals surface area contributed by atoms with Crippen LogP contribution in [0.2, 0.25) is 5.02 Å². The highest BCUT2D eigenvalue weighted by Gasteiger charge is 2.11. The molecule has 0 fully saturated rings. The van der Waals surface area contributed by atoms with E-state index in [9.17, 15) is 8.78 Å². The number of anilines is 2. The van der Waals surface area contributed by atoms with Gasteiger partial charge in [0.1, 0.15) is 0 Å². The fourth-order valence-corrected chi connectivity index (χ4v) is 2.33. The Morgan fingerprint density at radius 1 is 1.10 bits per heavy atom. The molecule has 0 heterocycles. The zero-order valence-electron chi connectivity index (χ0n) is 11.3. The molecule has 0 spiro atoms. The fraction of sp³-hybridized carbons (Fsp3) is 0.200. The normalized spacial score (nSPS) is 10.4. The van der Waals surface area contributed by atoms with Crippen LogP contribution >= 0.6 is 11.6 Å². The fourth-order valence-electron chi connectivity index (χ4n) is 1.99. The van der Waals surface area contributed by atoms with Crippen LogP contribution < -0.4 is 10.2 Å². The maximum absolute atomic E-state index is 13.6. The third-order valence-electron chi connectivity index (χ3n) is 2.93. The molecule has 0 unspecified atom stereocenters. The lowest BCUT2D eigenvalue weighted by Gasteiger charge is -2.20. The van der Waals surface area contributed by atoms with Crippen LogP contribution in [-0.2, 0) is 6.54 Å². The van der Waals surface area contributed by atoms with Crippen molar-refractivity contribution in [2.24, 2.45) is 0 Å². The van der Waals surface area contributed by atoms with Gasteiger partial charge in [0.05, 0.1) is 16.4 Å². The van der Waals surface area contributed by atoms with Crippen LogP contribution in [0.15, 0.2) is 36.4 Å². The summed E-state index contributed by atoms with van der Waals surface area (Å²) in [6, 6.07) is 9.57. The van der Waals surface area contributed by atoms with Crippen LogP contribution in [0.3, 0.4) is 0 Å². The Morgan fingerprint density at radius 3 is 2.50 bits per heavy atom. The van der Waals surface area contributed by atoms with Crippen molar-refractivity contribution in [3.63, 3.8) is 0 Å². The first-order valence-corrected chi connectivity index (χ1v) is 6.51. The zero-order chi connectivity index (χ0) is 14.7. The highest BCUT2D eigenvalue weighted by molar-refractivity contribution is 6.34. The summed E-state index contributed by atoms with van der Waals surface area (Å²) < 4.78 is 26.7. The maximum atomic E-state index is 13.6. The summed E-state index contributed by atoms with van der Waals surface area (Å²) in [6.45, 7) is 0.185. The van der Waals surface area contributed by atoms with Gasteiger partial charge in [-0.15, -0.1) is 0 Å². The smallest absolute Gasteiger partial charge is 0.163 e. The molecule has 0 saturated carbocycles. The van der Waals surface area contributed by atoms with Crippen molar-refractivity contribution in [2.45, 2.75) is 6.54 Å². The monoisotopic (exact) mass is 296 g/mol. The van der Waals surface area contributed by atoms with Gasteiger partial charge in [-0.25, -0.2) is 8.78 Å². The second kappa shape index (κ2) is 6.09. The van der Waals surface area contributed by atoms with Crippen molar-refractivity contribution in [3.05, 3.63) is 58.6 Å². The summed E-state index contributed by atoms with van der Waals surface area (Å²) >= 11 is 6.15. The van der Waals surface area contributed by atoms with Gasteiger partial charge in [0.15, 0.2) is 11.6 Å². The molecule has 2 rings (SSSR count). The van der Waals surface area contributed by atoms with Gasteiger partial charge in [0.25, 0.3) is 0 Å². The Balaban J connectivity index is 2.23. The lowest BCUT2D eigenvalue weighted by atomic mass is 10.2. The molecule has 2 aromatic rings. The molecule has 0 saturated heterocycles. The van der Waals surface area contributed by atoms with E-state index in [0.717, 1.165) is 17.4 Å². The van der Waals surface area contributed by atoms with Crippen molar-refractivity contribution in [2.75, 3.05) is 24.3 Å². The Kier molecular flexibility index (Phi) is 4.45. The molecule has 2 nitrogen and oxygen atoms in total. The van der Waals surface area contributed by atoms with E-state index in [1.165, 1.54) is 6.07 Å². The molecule has 0 aliphatic rings. The predicted octanol–water partition coefficient (Wildman–Crippen LogP) is 4.30. The number of para-hydroxylation sites is 1. The van der Waals surface area contributed by atoms with Gasteiger partial charge >= 0.3 is 0 Å². The number of halogens is 3. The van der Waals surface area contributed by atoms with E-state index < -0.39 is 11.6 Å². The predicted molar refractivity (Wildman–Crippen MR) is 79.5 cm³/mol. The van der Waals surface area contributed by atoms with Crippen LogP contribution in [0.25, 0.3) is 0 Å². The zero-order valence-corrected chi connectivity index (χ0v) is 12.0. The van der Waals surface area contributed by atoms with Gasteiger partial charge in [0, 0.05) is 26.2 Å². The Labute approximate surface area is 122 Å². The van der Waals surface area contributed by atoms with Crippen LogP contribution in [0, 0.1) is 11.6 Å². The van der Waals surface area contributed by atoms with Crippen molar-refractivity contribution >= 4 is 23.0 Å². The van der Waals surface area contributed by atoms with Gasteiger partial charge in [-0.3, -0.25) is 0 Å². The molecule has 106 valence electrons. The first-order valence-electron chi connectivity index (χ1n) is 6.13. The van der Waals surface area contributed by atoms with Gasteiger partial charge in [0.2, 0.25) is 0 Å². The average molecular weight is 297 g/mol. The van der Waals surface area contributed by atoms with Gasteiger partial charge < -0.3 is 10.2 Å². The molecule has 0 aromatic heterocycles. The number of nitrogens with zero attached hydrogens (tertiary/aromatic N) is 1. The third kappa shape index (κ3) is 3.02. The largest absolute Gasteiger partial charge is 0.379 e. The van der Waals surface area contributed by atoms with Crippen LogP contribution in [-0.4, -0.2) is 14.1 Å². The molecule has 1 N–H and O–H groups in total. The Morgan fingerprint density at radius 2 is 1.80 bits per heavy atom. The molecule has 2 aromatic carbocycles. The van der Waals surface area contributed by atoms with E-state index in [-0.39, 0.29) is 12.1 Å². The summed E-state index contributed by atoms with van der Waals surface area (Å²) in [7, 11) is 3.74. The molecule has 0 bridgehead atoms. The van der Waals surface area contributed by atoms with Gasteiger partial charge in [-0.05, 0) is 18.2 Å². The van der Waals surface area contributed by atoms with E-state index in [0.29, 0.717) is 5.02 Å².